The molecule has 1 aromatic carbocycles. The van der Waals surface area contributed by atoms with Crippen LogP contribution in [0, 0.1) is 13.8 Å². The Morgan fingerprint density at radius 1 is 1.21 bits per heavy atom. The molecule has 98 valence electrons. The number of hydrogen-bond acceptors (Lipinski definition) is 3. The van der Waals surface area contributed by atoms with Crippen molar-refractivity contribution in [1.29, 1.82) is 0 Å². The number of carbonyl (C=O) groups is 1. The van der Waals surface area contributed by atoms with Crippen molar-refractivity contribution >= 4 is 17.3 Å². The summed E-state index contributed by atoms with van der Waals surface area (Å²) in [5.41, 5.74) is 8.89. The molecule has 0 aliphatic carbocycles. The molecule has 0 fully saturated rings. The van der Waals surface area contributed by atoms with Gasteiger partial charge < -0.3 is 16.0 Å². The van der Waals surface area contributed by atoms with Crippen LogP contribution in [0.3, 0.4) is 0 Å². The number of hydrogen-bond donors (Lipinski definition) is 3. The Labute approximate surface area is 110 Å². The second-order valence-corrected chi connectivity index (χ2v) is 4.43. The first kappa shape index (κ1) is 12.9. The fraction of sp³-hybridized carbons (Fsp3) is 0.143. The quantitative estimate of drug-likeness (QED) is 0.717. The van der Waals surface area contributed by atoms with Gasteiger partial charge in [0.1, 0.15) is 0 Å². The van der Waals surface area contributed by atoms with Crippen LogP contribution in [0.1, 0.15) is 21.5 Å². The highest BCUT2D eigenvalue weighted by Crippen LogP contribution is 2.23. The van der Waals surface area contributed by atoms with Gasteiger partial charge in [-0.25, -0.2) is 0 Å². The average molecular weight is 257 g/mol. The Balaban J connectivity index is 2.32. The summed E-state index contributed by atoms with van der Waals surface area (Å²) in [5, 5.41) is 2.80. The lowest BCUT2D eigenvalue weighted by Gasteiger charge is -2.12. The molecule has 5 nitrogen and oxygen atoms in total. The van der Waals surface area contributed by atoms with Gasteiger partial charge in [-0.2, -0.15) is 0 Å². The second kappa shape index (κ2) is 4.97. The number of aryl methyl sites for hydroxylation is 2. The van der Waals surface area contributed by atoms with Gasteiger partial charge in [0.25, 0.3) is 5.91 Å². The monoisotopic (exact) mass is 257 g/mol. The zero-order valence-corrected chi connectivity index (χ0v) is 10.8. The number of H-pyrrole nitrogens is 1. The first-order valence-corrected chi connectivity index (χ1v) is 5.84. The summed E-state index contributed by atoms with van der Waals surface area (Å²) in [6, 6.07) is 6.40. The highest BCUT2D eigenvalue weighted by Gasteiger charge is 2.10. The van der Waals surface area contributed by atoms with Gasteiger partial charge in [0.15, 0.2) is 0 Å². The first-order valence-electron chi connectivity index (χ1n) is 5.84. The van der Waals surface area contributed by atoms with Crippen LogP contribution >= 0.6 is 0 Å². The lowest BCUT2D eigenvalue weighted by atomic mass is 10.1. The van der Waals surface area contributed by atoms with E-state index in [9.17, 15) is 9.59 Å². The SMILES string of the molecule is Cc1cc(N)cc(C)c1NC(=O)c1cc[nH]c(=O)c1. The van der Waals surface area contributed by atoms with Crippen LogP contribution in [-0.4, -0.2) is 10.9 Å². The number of nitrogens with one attached hydrogen (secondary N) is 2. The van der Waals surface area contributed by atoms with Gasteiger partial charge in [-0.1, -0.05) is 0 Å². The second-order valence-electron chi connectivity index (χ2n) is 4.43. The van der Waals surface area contributed by atoms with Crippen LogP contribution < -0.4 is 16.6 Å². The van der Waals surface area contributed by atoms with E-state index in [0.29, 0.717) is 11.3 Å². The smallest absolute Gasteiger partial charge is 0.255 e. The number of nitrogens with two attached hydrogens (primary N) is 1. The van der Waals surface area contributed by atoms with E-state index < -0.39 is 0 Å². The summed E-state index contributed by atoms with van der Waals surface area (Å²) in [4.78, 5) is 25.7. The molecule has 0 spiro atoms. The third-order valence-corrected chi connectivity index (χ3v) is 2.83. The van der Waals surface area contributed by atoms with E-state index in [1.165, 1.54) is 12.3 Å². The summed E-state index contributed by atoms with van der Waals surface area (Å²) >= 11 is 0. The molecule has 4 N–H and O–H groups in total. The van der Waals surface area contributed by atoms with Crippen LogP contribution in [0.15, 0.2) is 35.3 Å². The number of nitrogen functional groups attached to an aromatic ring is 1. The van der Waals surface area contributed by atoms with Gasteiger partial charge in [0.2, 0.25) is 5.56 Å². The van der Waals surface area contributed by atoms with E-state index in [2.05, 4.69) is 10.3 Å². The van der Waals surface area contributed by atoms with E-state index in [0.717, 1.165) is 16.8 Å². The molecule has 1 heterocycles. The molecular weight excluding hydrogens is 242 g/mol. The number of anilines is 2. The molecule has 1 amide bonds. The van der Waals surface area contributed by atoms with Crippen LogP contribution in [0.2, 0.25) is 0 Å². The summed E-state index contributed by atoms with van der Waals surface area (Å²) in [7, 11) is 0. The molecule has 0 saturated heterocycles. The van der Waals surface area contributed by atoms with Crippen LogP contribution in [-0.2, 0) is 0 Å². The maximum absolute atomic E-state index is 12.1. The predicted molar refractivity (Wildman–Crippen MR) is 75.3 cm³/mol. The number of pyridine rings is 1. The van der Waals surface area contributed by atoms with Crippen LogP contribution in [0.4, 0.5) is 11.4 Å². The van der Waals surface area contributed by atoms with Crippen molar-refractivity contribution in [3.63, 3.8) is 0 Å². The largest absolute Gasteiger partial charge is 0.399 e. The highest BCUT2D eigenvalue weighted by atomic mass is 16.2. The summed E-state index contributed by atoms with van der Waals surface area (Å²) in [6.07, 6.45) is 1.44. The zero-order valence-electron chi connectivity index (χ0n) is 10.8. The van der Waals surface area contributed by atoms with E-state index in [4.69, 9.17) is 5.73 Å². The van der Waals surface area contributed by atoms with Crippen molar-refractivity contribution in [3.05, 3.63) is 57.5 Å². The number of aromatic nitrogens is 1. The molecule has 0 radical (unpaired) electrons. The van der Waals surface area contributed by atoms with E-state index in [1.54, 1.807) is 18.2 Å². The fourth-order valence-electron chi connectivity index (χ4n) is 1.97. The van der Waals surface area contributed by atoms with Gasteiger partial charge >= 0.3 is 0 Å². The molecule has 0 aliphatic rings. The summed E-state index contributed by atoms with van der Waals surface area (Å²) in [5.74, 6) is -0.318. The minimum atomic E-state index is -0.318. The number of amides is 1. The predicted octanol–water partition coefficient (Wildman–Crippen LogP) is 1.83. The average Bonchev–Trinajstić information content (AvgIpc) is 2.33. The number of aromatic amines is 1. The molecular formula is C14H15N3O2. The molecule has 5 heteroatoms. The molecule has 1 aromatic heterocycles. The lowest BCUT2D eigenvalue weighted by molar-refractivity contribution is 0.102. The third kappa shape index (κ3) is 2.82. The zero-order chi connectivity index (χ0) is 14.0. The number of benzene rings is 1. The molecule has 0 atom stereocenters. The van der Waals surface area contributed by atoms with E-state index in [-0.39, 0.29) is 11.5 Å². The summed E-state index contributed by atoms with van der Waals surface area (Å²) < 4.78 is 0. The maximum atomic E-state index is 12.1. The molecule has 0 saturated carbocycles. The van der Waals surface area contributed by atoms with Crippen LogP contribution in [0.25, 0.3) is 0 Å². The van der Waals surface area contributed by atoms with Gasteiger partial charge in [0.05, 0.1) is 0 Å². The summed E-state index contributed by atoms with van der Waals surface area (Å²) in [6.45, 7) is 3.74. The van der Waals surface area contributed by atoms with Gasteiger partial charge in [-0.15, -0.1) is 0 Å². The van der Waals surface area contributed by atoms with Crippen molar-refractivity contribution < 1.29 is 4.79 Å². The first-order chi connectivity index (χ1) is 8.97. The molecule has 0 aliphatic heterocycles. The molecule has 19 heavy (non-hydrogen) atoms. The third-order valence-electron chi connectivity index (χ3n) is 2.83. The molecule has 0 bridgehead atoms. The minimum absolute atomic E-state index is 0.307. The van der Waals surface area contributed by atoms with Gasteiger partial charge in [-0.3, -0.25) is 9.59 Å². The molecule has 2 aromatic rings. The van der Waals surface area contributed by atoms with Gasteiger partial charge in [0, 0.05) is 29.2 Å². The Morgan fingerprint density at radius 3 is 2.42 bits per heavy atom. The van der Waals surface area contributed by atoms with Crippen molar-refractivity contribution in [2.24, 2.45) is 0 Å². The highest BCUT2D eigenvalue weighted by molar-refractivity contribution is 6.05. The van der Waals surface area contributed by atoms with Crippen LogP contribution in [0.5, 0.6) is 0 Å². The van der Waals surface area contributed by atoms with Crippen molar-refractivity contribution in [1.82, 2.24) is 4.98 Å². The number of carbonyl (C=O) groups excluding carboxylic acids is 1. The normalized spacial score (nSPS) is 10.2. The Kier molecular flexibility index (Phi) is 3.37. The Bertz CT molecular complexity index is 666. The standard InChI is InChI=1S/C14H15N3O2/c1-8-5-11(15)6-9(2)13(8)17-14(19)10-3-4-16-12(18)7-10/h3-7H,15H2,1-2H3,(H,16,18)(H,17,19). The van der Waals surface area contributed by atoms with Crippen molar-refractivity contribution in [2.45, 2.75) is 13.8 Å². The topological polar surface area (TPSA) is 88.0 Å². The fourth-order valence-corrected chi connectivity index (χ4v) is 1.97. The van der Waals surface area contributed by atoms with E-state index >= 15 is 0 Å². The van der Waals surface area contributed by atoms with E-state index in [1.807, 2.05) is 13.8 Å². The Hall–Kier alpha value is -2.56. The molecule has 0 unspecified atom stereocenters. The Morgan fingerprint density at radius 2 is 1.84 bits per heavy atom. The maximum Gasteiger partial charge on any atom is 0.255 e. The minimum Gasteiger partial charge on any atom is -0.399 e. The lowest BCUT2D eigenvalue weighted by Crippen LogP contribution is -2.17. The molecule has 2 rings (SSSR count). The van der Waals surface area contributed by atoms with Crippen molar-refractivity contribution in [2.75, 3.05) is 11.1 Å². The number of rotatable bonds is 2. The van der Waals surface area contributed by atoms with Crippen molar-refractivity contribution in [3.8, 4) is 0 Å². The van der Waals surface area contributed by atoms with Gasteiger partial charge in [-0.05, 0) is 43.2 Å².